The van der Waals surface area contributed by atoms with E-state index < -0.39 is 0 Å². The van der Waals surface area contributed by atoms with Gasteiger partial charge < -0.3 is 14.4 Å². The summed E-state index contributed by atoms with van der Waals surface area (Å²) in [7, 11) is 1.69. The van der Waals surface area contributed by atoms with E-state index in [2.05, 4.69) is 35.0 Å². The van der Waals surface area contributed by atoms with Gasteiger partial charge in [0.15, 0.2) is 16.7 Å². The molecule has 0 spiro atoms. The standard InChI is InChI=1S/C21H25N3O2S/c1-13(2)26-17-9-8-15(11-18(17)25-4)20-19(16-7-5-6-10-22-16)23-21-24(20)12-14(3)27-21/h5-11,13-14,19-20H,12H2,1-4H3/t14-,19-,20-/m1/s1. The van der Waals surface area contributed by atoms with E-state index in [0.717, 1.165) is 28.9 Å². The second-order valence-corrected chi connectivity index (χ2v) is 8.62. The predicted octanol–water partition coefficient (Wildman–Crippen LogP) is 4.47. The molecule has 0 bridgehead atoms. The molecule has 3 heterocycles. The molecule has 1 aromatic heterocycles. The third-order valence-corrected chi connectivity index (χ3v) is 5.88. The highest BCUT2D eigenvalue weighted by Gasteiger charge is 2.43. The van der Waals surface area contributed by atoms with Crippen molar-refractivity contribution in [1.82, 2.24) is 9.88 Å². The Labute approximate surface area is 164 Å². The van der Waals surface area contributed by atoms with E-state index >= 15 is 0 Å². The van der Waals surface area contributed by atoms with E-state index in [1.165, 1.54) is 5.56 Å². The molecule has 3 atom stereocenters. The summed E-state index contributed by atoms with van der Waals surface area (Å²) in [5.74, 6) is 1.53. The molecule has 2 aromatic rings. The first kappa shape index (κ1) is 18.2. The van der Waals surface area contributed by atoms with Gasteiger partial charge in [-0.15, -0.1) is 0 Å². The van der Waals surface area contributed by atoms with Crippen LogP contribution in [0.4, 0.5) is 0 Å². The Bertz CT molecular complexity index is 841. The van der Waals surface area contributed by atoms with Crippen LogP contribution >= 0.6 is 11.8 Å². The number of pyridine rings is 1. The van der Waals surface area contributed by atoms with Crippen LogP contribution in [0.3, 0.4) is 0 Å². The van der Waals surface area contributed by atoms with Gasteiger partial charge in [0, 0.05) is 18.0 Å². The Morgan fingerprint density at radius 2 is 2.04 bits per heavy atom. The zero-order valence-electron chi connectivity index (χ0n) is 16.1. The molecule has 0 radical (unpaired) electrons. The molecular weight excluding hydrogens is 358 g/mol. The normalized spacial score (nSPS) is 24.1. The molecule has 0 aliphatic carbocycles. The maximum atomic E-state index is 5.89. The van der Waals surface area contributed by atoms with Gasteiger partial charge >= 0.3 is 0 Å². The first-order valence-corrected chi connectivity index (χ1v) is 10.2. The average Bonchev–Trinajstić information content (AvgIpc) is 3.18. The zero-order valence-corrected chi connectivity index (χ0v) is 16.9. The minimum absolute atomic E-state index is 0.0113. The Morgan fingerprint density at radius 3 is 2.74 bits per heavy atom. The van der Waals surface area contributed by atoms with E-state index in [1.54, 1.807) is 7.11 Å². The summed E-state index contributed by atoms with van der Waals surface area (Å²) in [5, 5.41) is 1.66. The first-order chi connectivity index (χ1) is 13.1. The fourth-order valence-corrected chi connectivity index (χ4v) is 4.79. The molecule has 2 aliphatic heterocycles. The van der Waals surface area contributed by atoms with E-state index in [1.807, 2.05) is 50.0 Å². The van der Waals surface area contributed by atoms with Crippen molar-refractivity contribution in [3.63, 3.8) is 0 Å². The van der Waals surface area contributed by atoms with Crippen molar-refractivity contribution in [3.05, 3.63) is 53.9 Å². The number of amidine groups is 1. The van der Waals surface area contributed by atoms with Crippen molar-refractivity contribution in [2.45, 2.75) is 44.2 Å². The van der Waals surface area contributed by atoms with Gasteiger partial charge in [0.1, 0.15) is 6.04 Å². The van der Waals surface area contributed by atoms with Gasteiger partial charge in [-0.25, -0.2) is 0 Å². The quantitative estimate of drug-likeness (QED) is 0.762. The van der Waals surface area contributed by atoms with Crippen molar-refractivity contribution < 1.29 is 9.47 Å². The number of thioether (sulfide) groups is 1. The maximum Gasteiger partial charge on any atom is 0.161 e. The monoisotopic (exact) mass is 383 g/mol. The number of aliphatic imine (C=N–C) groups is 1. The zero-order chi connectivity index (χ0) is 19.0. The summed E-state index contributed by atoms with van der Waals surface area (Å²) in [6, 6.07) is 12.4. The minimum Gasteiger partial charge on any atom is -0.493 e. The summed E-state index contributed by atoms with van der Waals surface area (Å²) < 4.78 is 11.5. The first-order valence-electron chi connectivity index (χ1n) is 9.33. The molecule has 1 saturated heterocycles. The lowest BCUT2D eigenvalue weighted by Crippen LogP contribution is -2.28. The van der Waals surface area contributed by atoms with Gasteiger partial charge in [0.2, 0.25) is 0 Å². The van der Waals surface area contributed by atoms with E-state index in [-0.39, 0.29) is 18.2 Å². The highest BCUT2D eigenvalue weighted by atomic mass is 32.2. The van der Waals surface area contributed by atoms with Crippen molar-refractivity contribution in [2.75, 3.05) is 13.7 Å². The van der Waals surface area contributed by atoms with Crippen LogP contribution in [0.1, 0.15) is 44.1 Å². The maximum absolute atomic E-state index is 5.89. The summed E-state index contributed by atoms with van der Waals surface area (Å²) in [6.07, 6.45) is 1.94. The van der Waals surface area contributed by atoms with E-state index in [0.29, 0.717) is 5.25 Å². The SMILES string of the molecule is COc1cc([C@@H]2[C@@H](c3ccccn3)N=C3S[C@H](C)CN32)ccc1OC(C)C. The van der Waals surface area contributed by atoms with Gasteiger partial charge in [0.25, 0.3) is 0 Å². The number of benzene rings is 1. The average molecular weight is 384 g/mol. The summed E-state index contributed by atoms with van der Waals surface area (Å²) in [6.45, 7) is 7.28. The van der Waals surface area contributed by atoms with Crippen molar-refractivity contribution in [1.29, 1.82) is 0 Å². The topological polar surface area (TPSA) is 47.0 Å². The van der Waals surface area contributed by atoms with Crippen molar-refractivity contribution in [3.8, 4) is 11.5 Å². The predicted molar refractivity (Wildman–Crippen MR) is 110 cm³/mol. The summed E-state index contributed by atoms with van der Waals surface area (Å²) in [4.78, 5) is 12.0. The second-order valence-electron chi connectivity index (χ2n) is 7.21. The number of hydrogen-bond donors (Lipinski definition) is 0. The highest BCUT2D eigenvalue weighted by molar-refractivity contribution is 8.14. The molecule has 1 fully saturated rings. The number of hydrogen-bond acceptors (Lipinski definition) is 6. The lowest BCUT2D eigenvalue weighted by Gasteiger charge is -2.28. The molecule has 4 rings (SSSR count). The Balaban J connectivity index is 1.73. The number of methoxy groups -OCH3 is 1. The molecule has 0 unspecified atom stereocenters. The number of aromatic nitrogens is 1. The molecule has 27 heavy (non-hydrogen) atoms. The van der Waals surface area contributed by atoms with Gasteiger partial charge in [0.05, 0.1) is 24.9 Å². The largest absolute Gasteiger partial charge is 0.493 e. The van der Waals surface area contributed by atoms with Crippen LogP contribution in [0.15, 0.2) is 47.6 Å². The van der Waals surface area contributed by atoms with Crippen LogP contribution in [0.5, 0.6) is 11.5 Å². The fourth-order valence-electron chi connectivity index (χ4n) is 3.70. The molecular formula is C21H25N3O2S. The molecule has 6 heteroatoms. The molecule has 2 aliphatic rings. The molecule has 1 aromatic carbocycles. The van der Waals surface area contributed by atoms with Gasteiger partial charge in [-0.2, -0.15) is 0 Å². The molecule has 0 saturated carbocycles. The van der Waals surface area contributed by atoms with Gasteiger partial charge in [-0.3, -0.25) is 9.98 Å². The molecule has 0 amide bonds. The van der Waals surface area contributed by atoms with Crippen LogP contribution in [-0.4, -0.2) is 40.1 Å². The molecule has 5 nitrogen and oxygen atoms in total. The van der Waals surface area contributed by atoms with Crippen LogP contribution in [0, 0.1) is 0 Å². The van der Waals surface area contributed by atoms with Gasteiger partial charge in [-0.1, -0.05) is 30.8 Å². The van der Waals surface area contributed by atoms with Crippen LogP contribution < -0.4 is 9.47 Å². The number of fused-ring (bicyclic) bond motifs is 1. The smallest absolute Gasteiger partial charge is 0.161 e. The van der Waals surface area contributed by atoms with E-state index in [9.17, 15) is 0 Å². The fraction of sp³-hybridized carbons (Fsp3) is 0.429. The third kappa shape index (κ3) is 3.50. The lowest BCUT2D eigenvalue weighted by molar-refractivity contribution is 0.229. The summed E-state index contributed by atoms with van der Waals surface area (Å²) in [5.41, 5.74) is 2.17. The highest BCUT2D eigenvalue weighted by Crippen LogP contribution is 2.48. The minimum atomic E-state index is -0.0113. The Morgan fingerprint density at radius 1 is 1.19 bits per heavy atom. The number of ether oxygens (including phenoxy) is 2. The van der Waals surface area contributed by atoms with E-state index in [4.69, 9.17) is 14.5 Å². The third-order valence-electron chi connectivity index (χ3n) is 4.77. The molecule has 142 valence electrons. The Kier molecular flexibility index (Phi) is 5.00. The van der Waals surface area contributed by atoms with Crippen molar-refractivity contribution >= 4 is 16.9 Å². The van der Waals surface area contributed by atoms with Crippen LogP contribution in [0.25, 0.3) is 0 Å². The van der Waals surface area contributed by atoms with Crippen LogP contribution in [0.2, 0.25) is 0 Å². The number of rotatable bonds is 5. The van der Waals surface area contributed by atoms with Gasteiger partial charge in [-0.05, 0) is 43.7 Å². The summed E-state index contributed by atoms with van der Waals surface area (Å²) >= 11 is 1.85. The second kappa shape index (κ2) is 7.43. The Hall–Kier alpha value is -2.21. The molecule has 0 N–H and O–H groups in total. The number of nitrogens with zero attached hydrogens (tertiary/aromatic N) is 3. The lowest BCUT2D eigenvalue weighted by atomic mass is 9.96. The van der Waals surface area contributed by atoms with Crippen LogP contribution in [-0.2, 0) is 0 Å². The van der Waals surface area contributed by atoms with Crippen molar-refractivity contribution in [2.24, 2.45) is 4.99 Å².